The molecule has 0 unspecified atom stereocenters. The van der Waals surface area contributed by atoms with Crippen LogP contribution >= 0.6 is 0 Å². The van der Waals surface area contributed by atoms with Gasteiger partial charge in [0.2, 0.25) is 0 Å². The summed E-state index contributed by atoms with van der Waals surface area (Å²) in [6, 6.07) is 18.3. The number of hydrazone groups is 1. The number of nitrogens with one attached hydrogen (secondary N) is 1. The van der Waals surface area contributed by atoms with Crippen LogP contribution in [0.1, 0.15) is 42.4 Å². The molecule has 1 aliphatic carbocycles. The molecule has 1 N–H and O–H groups in total. The van der Waals surface area contributed by atoms with Gasteiger partial charge in [-0.05, 0) is 18.4 Å². The van der Waals surface area contributed by atoms with Crippen LogP contribution in [0.3, 0.4) is 0 Å². The standard InChI is InChI=1S/C19H18N2O/c22-18-19(12-6-7-13-19)16-11-5-4-10-15(16)17(20-21-18)14-8-2-1-3-9-14/h1-5,8-11H,6-7,12-13H2,(H,21,22). The summed E-state index contributed by atoms with van der Waals surface area (Å²) in [5, 5.41) is 4.45. The van der Waals surface area contributed by atoms with Crippen LogP contribution in [-0.2, 0) is 10.2 Å². The van der Waals surface area contributed by atoms with Crippen LogP contribution in [0.4, 0.5) is 0 Å². The minimum Gasteiger partial charge on any atom is -0.272 e. The highest BCUT2D eigenvalue weighted by Gasteiger charge is 2.45. The molecule has 1 fully saturated rings. The van der Waals surface area contributed by atoms with Crippen LogP contribution in [0, 0.1) is 0 Å². The van der Waals surface area contributed by atoms with E-state index in [-0.39, 0.29) is 5.91 Å². The van der Waals surface area contributed by atoms with Gasteiger partial charge in [0.1, 0.15) is 0 Å². The van der Waals surface area contributed by atoms with Crippen molar-refractivity contribution in [3.63, 3.8) is 0 Å². The number of nitrogens with zero attached hydrogens (tertiary/aromatic N) is 1. The summed E-state index contributed by atoms with van der Waals surface area (Å²) in [7, 11) is 0. The quantitative estimate of drug-likeness (QED) is 0.859. The Bertz CT molecular complexity index is 743. The van der Waals surface area contributed by atoms with Crippen molar-refractivity contribution < 1.29 is 4.79 Å². The number of carbonyl (C=O) groups excluding carboxylic acids is 1. The highest BCUT2D eigenvalue weighted by Crippen LogP contribution is 2.44. The second-order valence-corrected chi connectivity index (χ2v) is 6.10. The van der Waals surface area contributed by atoms with Crippen molar-refractivity contribution in [3.8, 4) is 0 Å². The zero-order valence-electron chi connectivity index (χ0n) is 12.4. The first kappa shape index (κ1) is 13.3. The third-order valence-electron chi connectivity index (χ3n) is 4.91. The molecule has 110 valence electrons. The molecule has 0 bridgehead atoms. The van der Waals surface area contributed by atoms with Gasteiger partial charge in [-0.25, -0.2) is 5.43 Å². The van der Waals surface area contributed by atoms with Crippen molar-refractivity contribution in [1.29, 1.82) is 0 Å². The molecule has 2 aromatic rings. The van der Waals surface area contributed by atoms with E-state index in [1.165, 1.54) is 0 Å². The van der Waals surface area contributed by atoms with Crippen LogP contribution in [-0.4, -0.2) is 11.6 Å². The predicted molar refractivity (Wildman–Crippen MR) is 86.8 cm³/mol. The maximum absolute atomic E-state index is 12.8. The highest BCUT2D eigenvalue weighted by molar-refractivity contribution is 6.16. The monoisotopic (exact) mass is 290 g/mol. The molecule has 22 heavy (non-hydrogen) atoms. The Morgan fingerprint density at radius 2 is 1.59 bits per heavy atom. The highest BCUT2D eigenvalue weighted by atomic mass is 16.2. The number of benzene rings is 2. The van der Waals surface area contributed by atoms with Crippen LogP contribution in [0.2, 0.25) is 0 Å². The van der Waals surface area contributed by atoms with Crippen molar-refractivity contribution in [2.24, 2.45) is 5.10 Å². The van der Waals surface area contributed by atoms with Crippen molar-refractivity contribution in [3.05, 3.63) is 71.3 Å². The van der Waals surface area contributed by atoms with Gasteiger partial charge in [0.25, 0.3) is 5.91 Å². The lowest BCUT2D eigenvalue weighted by atomic mass is 9.75. The van der Waals surface area contributed by atoms with Gasteiger partial charge in [0, 0.05) is 11.1 Å². The fraction of sp³-hybridized carbons (Fsp3) is 0.263. The molecule has 1 aliphatic heterocycles. The minimum atomic E-state index is -0.406. The van der Waals surface area contributed by atoms with Crippen molar-refractivity contribution in [1.82, 2.24) is 5.43 Å². The molecule has 2 aliphatic rings. The Labute approximate surface area is 130 Å². The van der Waals surface area contributed by atoms with Gasteiger partial charge in [-0.3, -0.25) is 4.79 Å². The minimum absolute atomic E-state index is 0.0448. The average Bonchev–Trinajstić information content (AvgIpc) is 3.03. The van der Waals surface area contributed by atoms with E-state index in [4.69, 9.17) is 0 Å². The molecule has 0 radical (unpaired) electrons. The van der Waals surface area contributed by atoms with Gasteiger partial charge in [-0.2, -0.15) is 5.10 Å². The van der Waals surface area contributed by atoms with E-state index in [0.717, 1.165) is 48.1 Å². The Kier molecular flexibility index (Phi) is 3.07. The molecule has 0 aromatic heterocycles. The number of fused-ring (bicyclic) bond motifs is 2. The molecule has 2 aromatic carbocycles. The van der Waals surface area contributed by atoms with E-state index in [1.807, 2.05) is 42.5 Å². The summed E-state index contributed by atoms with van der Waals surface area (Å²) in [5.74, 6) is 0.0448. The smallest absolute Gasteiger partial charge is 0.250 e. The zero-order chi connectivity index (χ0) is 15.0. The van der Waals surface area contributed by atoms with Crippen LogP contribution < -0.4 is 5.43 Å². The van der Waals surface area contributed by atoms with Gasteiger partial charge in [-0.1, -0.05) is 67.4 Å². The second-order valence-electron chi connectivity index (χ2n) is 6.10. The van der Waals surface area contributed by atoms with E-state index in [9.17, 15) is 4.79 Å². The lowest BCUT2D eigenvalue weighted by Crippen LogP contribution is -2.39. The van der Waals surface area contributed by atoms with E-state index >= 15 is 0 Å². The summed E-state index contributed by atoms with van der Waals surface area (Å²) in [4.78, 5) is 12.8. The van der Waals surface area contributed by atoms with Gasteiger partial charge in [0.05, 0.1) is 11.1 Å². The normalized spacial score (nSPS) is 19.3. The van der Waals surface area contributed by atoms with Crippen LogP contribution in [0.5, 0.6) is 0 Å². The molecule has 1 saturated carbocycles. The molecular weight excluding hydrogens is 272 g/mol. The lowest BCUT2D eigenvalue weighted by Gasteiger charge is -2.27. The molecular formula is C19H18N2O. The van der Waals surface area contributed by atoms with E-state index in [2.05, 4.69) is 22.7 Å². The number of hydrogen-bond acceptors (Lipinski definition) is 2. The fourth-order valence-electron chi connectivity index (χ4n) is 3.79. The van der Waals surface area contributed by atoms with E-state index in [1.54, 1.807) is 0 Å². The average molecular weight is 290 g/mol. The summed E-state index contributed by atoms with van der Waals surface area (Å²) >= 11 is 0. The first-order valence-electron chi connectivity index (χ1n) is 7.85. The Morgan fingerprint density at radius 3 is 2.36 bits per heavy atom. The predicted octanol–water partition coefficient (Wildman–Crippen LogP) is 3.38. The SMILES string of the molecule is O=C1NN=C(c2ccccc2)c2ccccc2C12CCCC2. The Morgan fingerprint density at radius 1 is 0.909 bits per heavy atom. The summed E-state index contributed by atoms with van der Waals surface area (Å²) in [6.45, 7) is 0. The Balaban J connectivity index is 1.94. The molecule has 1 heterocycles. The number of carbonyl (C=O) groups is 1. The molecule has 1 amide bonds. The van der Waals surface area contributed by atoms with Gasteiger partial charge in [-0.15, -0.1) is 0 Å². The molecule has 3 heteroatoms. The third kappa shape index (κ3) is 1.89. The fourth-order valence-corrected chi connectivity index (χ4v) is 3.79. The van der Waals surface area contributed by atoms with Crippen molar-refractivity contribution >= 4 is 11.6 Å². The molecule has 4 rings (SSSR count). The van der Waals surface area contributed by atoms with E-state index in [0.29, 0.717) is 0 Å². The van der Waals surface area contributed by atoms with Gasteiger partial charge in [0.15, 0.2) is 0 Å². The van der Waals surface area contributed by atoms with Gasteiger partial charge >= 0.3 is 0 Å². The summed E-state index contributed by atoms with van der Waals surface area (Å²) in [5.41, 5.74) is 6.51. The second kappa shape index (κ2) is 5.09. The zero-order valence-corrected chi connectivity index (χ0v) is 12.4. The molecule has 1 spiro atoms. The van der Waals surface area contributed by atoms with Gasteiger partial charge < -0.3 is 0 Å². The van der Waals surface area contributed by atoms with Crippen molar-refractivity contribution in [2.45, 2.75) is 31.1 Å². The number of amides is 1. The molecule has 3 nitrogen and oxygen atoms in total. The van der Waals surface area contributed by atoms with Crippen molar-refractivity contribution in [2.75, 3.05) is 0 Å². The lowest BCUT2D eigenvalue weighted by molar-refractivity contribution is -0.126. The maximum Gasteiger partial charge on any atom is 0.250 e. The topological polar surface area (TPSA) is 41.5 Å². The first-order chi connectivity index (χ1) is 10.8. The van der Waals surface area contributed by atoms with Crippen LogP contribution in [0.25, 0.3) is 0 Å². The van der Waals surface area contributed by atoms with Crippen LogP contribution in [0.15, 0.2) is 59.7 Å². The third-order valence-corrected chi connectivity index (χ3v) is 4.91. The summed E-state index contributed by atoms with van der Waals surface area (Å²) < 4.78 is 0. The Hall–Kier alpha value is -2.42. The number of rotatable bonds is 1. The molecule has 0 saturated heterocycles. The molecule has 0 atom stereocenters. The number of hydrogen-bond donors (Lipinski definition) is 1. The first-order valence-corrected chi connectivity index (χ1v) is 7.85. The maximum atomic E-state index is 12.8. The largest absolute Gasteiger partial charge is 0.272 e. The van der Waals surface area contributed by atoms with E-state index < -0.39 is 5.41 Å². The summed E-state index contributed by atoms with van der Waals surface area (Å²) in [6.07, 6.45) is 4.02.